The fourth-order valence-electron chi connectivity index (χ4n) is 2.27. The molecule has 1 aliphatic rings. The number of ether oxygens (including phenoxy) is 1. The Balaban J connectivity index is 2.35. The Morgan fingerprint density at radius 2 is 2.25 bits per heavy atom. The number of methoxy groups -OCH3 is 1. The highest BCUT2D eigenvalue weighted by molar-refractivity contribution is 5.71. The molecule has 0 saturated heterocycles. The lowest BCUT2D eigenvalue weighted by atomic mass is 9.87. The van der Waals surface area contributed by atoms with Crippen LogP contribution in [0.15, 0.2) is 24.3 Å². The fraction of sp³-hybridized carbons (Fsp3) is 0.429. The number of aryl methyl sites for hydroxylation is 1. The van der Waals surface area contributed by atoms with E-state index in [1.165, 1.54) is 36.0 Å². The zero-order chi connectivity index (χ0) is 11.4. The number of allylic oxidation sites excluding steroid dienone is 1. The van der Waals surface area contributed by atoms with E-state index in [1.807, 2.05) is 6.07 Å². The van der Waals surface area contributed by atoms with Gasteiger partial charge < -0.3 is 10.5 Å². The molecule has 2 rings (SSSR count). The first-order valence-corrected chi connectivity index (χ1v) is 5.91. The highest BCUT2D eigenvalue weighted by Gasteiger charge is 2.14. The summed E-state index contributed by atoms with van der Waals surface area (Å²) in [5.41, 5.74) is 9.79. The molecule has 0 saturated carbocycles. The number of nitrogens with two attached hydrogens (primary N) is 1. The zero-order valence-electron chi connectivity index (χ0n) is 9.83. The lowest BCUT2D eigenvalue weighted by Crippen LogP contribution is -2.03. The van der Waals surface area contributed by atoms with Gasteiger partial charge in [0, 0.05) is 0 Å². The Morgan fingerprint density at radius 1 is 1.38 bits per heavy atom. The second kappa shape index (κ2) is 5.17. The van der Waals surface area contributed by atoms with Gasteiger partial charge >= 0.3 is 0 Å². The lowest BCUT2D eigenvalue weighted by Gasteiger charge is -2.20. The number of rotatable bonds is 3. The molecule has 0 atom stereocenters. The van der Waals surface area contributed by atoms with E-state index in [2.05, 4.69) is 18.2 Å². The van der Waals surface area contributed by atoms with Crippen LogP contribution < -0.4 is 10.5 Å². The summed E-state index contributed by atoms with van der Waals surface area (Å²) in [6.07, 6.45) is 6.83. The zero-order valence-corrected chi connectivity index (χ0v) is 9.83. The molecule has 0 amide bonds. The number of fused-ring (bicyclic) bond motifs is 1. The van der Waals surface area contributed by atoms with Gasteiger partial charge in [0.05, 0.1) is 7.11 Å². The van der Waals surface area contributed by atoms with E-state index in [-0.39, 0.29) is 0 Å². The van der Waals surface area contributed by atoms with Gasteiger partial charge in [0.1, 0.15) is 5.75 Å². The molecule has 1 aliphatic carbocycles. The van der Waals surface area contributed by atoms with Gasteiger partial charge in [-0.15, -0.1) is 0 Å². The third-order valence-electron chi connectivity index (χ3n) is 3.11. The molecule has 0 radical (unpaired) electrons. The van der Waals surface area contributed by atoms with Crippen LogP contribution >= 0.6 is 0 Å². The minimum Gasteiger partial charge on any atom is -0.497 e. The van der Waals surface area contributed by atoms with E-state index >= 15 is 0 Å². The smallest absolute Gasteiger partial charge is 0.119 e. The molecule has 16 heavy (non-hydrogen) atoms. The molecule has 1 aromatic rings. The Bertz CT molecular complexity index is 396. The van der Waals surface area contributed by atoms with Gasteiger partial charge in [0.15, 0.2) is 0 Å². The Hall–Kier alpha value is -1.28. The summed E-state index contributed by atoms with van der Waals surface area (Å²) in [5.74, 6) is 0.944. The van der Waals surface area contributed by atoms with Gasteiger partial charge in [-0.3, -0.25) is 0 Å². The fourth-order valence-corrected chi connectivity index (χ4v) is 2.27. The third kappa shape index (κ3) is 2.27. The van der Waals surface area contributed by atoms with Gasteiger partial charge in [-0.1, -0.05) is 12.1 Å². The summed E-state index contributed by atoms with van der Waals surface area (Å²) in [5, 5.41) is 0. The quantitative estimate of drug-likeness (QED) is 0.845. The van der Waals surface area contributed by atoms with Crippen LogP contribution in [-0.2, 0) is 6.42 Å². The van der Waals surface area contributed by atoms with Crippen LogP contribution in [0.4, 0.5) is 0 Å². The predicted octanol–water partition coefficient (Wildman–Crippen LogP) is 2.76. The van der Waals surface area contributed by atoms with Crippen molar-refractivity contribution in [2.24, 2.45) is 5.73 Å². The molecule has 2 N–H and O–H groups in total. The molecular weight excluding hydrogens is 198 g/mol. The van der Waals surface area contributed by atoms with Gasteiger partial charge in [-0.05, 0) is 61.1 Å². The van der Waals surface area contributed by atoms with E-state index in [0.29, 0.717) is 0 Å². The molecule has 0 aliphatic heterocycles. The predicted molar refractivity (Wildman–Crippen MR) is 67.6 cm³/mol. The standard InChI is InChI=1S/C14H19NO/c1-16-13-8-7-12-5-2-4-11(6-3-9-15)14(12)10-13/h6-8,10H,2-5,9,15H2,1H3. The van der Waals surface area contributed by atoms with Crippen molar-refractivity contribution in [3.8, 4) is 5.75 Å². The largest absolute Gasteiger partial charge is 0.497 e. The summed E-state index contributed by atoms with van der Waals surface area (Å²) < 4.78 is 5.28. The molecular formula is C14H19NO. The van der Waals surface area contributed by atoms with Gasteiger partial charge in [-0.25, -0.2) is 0 Å². The van der Waals surface area contributed by atoms with Crippen molar-refractivity contribution >= 4 is 5.57 Å². The van der Waals surface area contributed by atoms with E-state index in [4.69, 9.17) is 10.5 Å². The maximum absolute atomic E-state index is 5.55. The molecule has 1 aromatic carbocycles. The van der Waals surface area contributed by atoms with E-state index in [9.17, 15) is 0 Å². The van der Waals surface area contributed by atoms with Crippen molar-refractivity contribution in [3.63, 3.8) is 0 Å². The highest BCUT2D eigenvalue weighted by Crippen LogP contribution is 2.33. The lowest BCUT2D eigenvalue weighted by molar-refractivity contribution is 0.414. The molecule has 0 fully saturated rings. The van der Waals surface area contributed by atoms with Crippen LogP contribution in [-0.4, -0.2) is 13.7 Å². The van der Waals surface area contributed by atoms with Crippen LogP contribution in [0.2, 0.25) is 0 Å². The normalized spacial score (nSPS) is 17.2. The number of benzene rings is 1. The van der Waals surface area contributed by atoms with Crippen molar-refractivity contribution in [1.29, 1.82) is 0 Å². The van der Waals surface area contributed by atoms with Crippen molar-refractivity contribution in [3.05, 3.63) is 35.4 Å². The Morgan fingerprint density at radius 3 is 3.00 bits per heavy atom. The maximum atomic E-state index is 5.55. The van der Waals surface area contributed by atoms with Crippen LogP contribution in [0.1, 0.15) is 30.4 Å². The van der Waals surface area contributed by atoms with Crippen molar-refractivity contribution in [2.45, 2.75) is 25.7 Å². The summed E-state index contributed by atoms with van der Waals surface area (Å²) >= 11 is 0. The molecule has 0 aromatic heterocycles. The highest BCUT2D eigenvalue weighted by atomic mass is 16.5. The summed E-state index contributed by atoms with van der Waals surface area (Å²) in [6, 6.07) is 6.38. The first-order chi connectivity index (χ1) is 7.85. The summed E-state index contributed by atoms with van der Waals surface area (Å²) in [6.45, 7) is 0.725. The monoisotopic (exact) mass is 217 g/mol. The summed E-state index contributed by atoms with van der Waals surface area (Å²) in [4.78, 5) is 0. The molecule has 2 nitrogen and oxygen atoms in total. The SMILES string of the molecule is COc1ccc2c(c1)C(=CCCN)CCC2. The topological polar surface area (TPSA) is 35.2 Å². The average molecular weight is 217 g/mol. The van der Waals surface area contributed by atoms with E-state index < -0.39 is 0 Å². The van der Waals surface area contributed by atoms with Crippen molar-refractivity contribution < 1.29 is 4.74 Å². The Labute approximate surface area is 97.1 Å². The second-order valence-electron chi connectivity index (χ2n) is 4.18. The number of hydrogen-bond acceptors (Lipinski definition) is 2. The minimum atomic E-state index is 0.725. The van der Waals surface area contributed by atoms with Gasteiger partial charge in [0.2, 0.25) is 0 Å². The van der Waals surface area contributed by atoms with E-state index in [1.54, 1.807) is 7.11 Å². The molecule has 0 heterocycles. The minimum absolute atomic E-state index is 0.725. The third-order valence-corrected chi connectivity index (χ3v) is 3.11. The maximum Gasteiger partial charge on any atom is 0.119 e. The molecule has 2 heteroatoms. The average Bonchev–Trinajstić information content (AvgIpc) is 2.35. The van der Waals surface area contributed by atoms with E-state index in [0.717, 1.165) is 18.7 Å². The van der Waals surface area contributed by atoms with Crippen LogP contribution in [0.5, 0.6) is 5.75 Å². The van der Waals surface area contributed by atoms with Gasteiger partial charge in [0.25, 0.3) is 0 Å². The first kappa shape index (κ1) is 11.2. The molecule has 0 spiro atoms. The first-order valence-electron chi connectivity index (χ1n) is 5.91. The van der Waals surface area contributed by atoms with Crippen LogP contribution in [0, 0.1) is 0 Å². The van der Waals surface area contributed by atoms with Crippen LogP contribution in [0.25, 0.3) is 5.57 Å². The number of hydrogen-bond donors (Lipinski definition) is 1. The molecule has 86 valence electrons. The van der Waals surface area contributed by atoms with Gasteiger partial charge in [-0.2, -0.15) is 0 Å². The van der Waals surface area contributed by atoms with Crippen molar-refractivity contribution in [1.82, 2.24) is 0 Å². The molecule has 0 unspecified atom stereocenters. The molecule has 0 bridgehead atoms. The Kier molecular flexibility index (Phi) is 3.62. The van der Waals surface area contributed by atoms with Crippen LogP contribution in [0.3, 0.4) is 0 Å². The second-order valence-corrected chi connectivity index (χ2v) is 4.18. The summed E-state index contributed by atoms with van der Waals surface area (Å²) in [7, 11) is 1.72. The van der Waals surface area contributed by atoms with Crippen molar-refractivity contribution in [2.75, 3.05) is 13.7 Å².